The maximum Gasteiger partial charge on any atom is 0.269 e. The summed E-state index contributed by atoms with van der Waals surface area (Å²) in [7, 11) is 0. The van der Waals surface area contributed by atoms with Gasteiger partial charge in [0.1, 0.15) is 0 Å². The first kappa shape index (κ1) is 14.0. The number of hydrogen-bond donors (Lipinski definition) is 1. The van der Waals surface area contributed by atoms with Gasteiger partial charge in [-0.2, -0.15) is 0 Å². The Balaban J connectivity index is 2.04. The molecule has 2 rings (SSSR count). The standard InChI is InChI=1S/C14H20N2O3/c1-14(11-17)6-3-7-15(10-14)9-12-4-2-5-13(8-12)16(18)19/h2,4-5,8,17H,3,6-7,9-11H2,1H3. The normalized spacial score (nSPS) is 24.3. The number of hydrogen-bond acceptors (Lipinski definition) is 4. The Labute approximate surface area is 113 Å². The lowest BCUT2D eigenvalue weighted by molar-refractivity contribution is -0.384. The Kier molecular flexibility index (Phi) is 4.17. The van der Waals surface area contributed by atoms with Gasteiger partial charge in [-0.05, 0) is 24.9 Å². The number of likely N-dealkylation sites (tertiary alicyclic amines) is 1. The lowest BCUT2D eigenvalue weighted by atomic mass is 9.82. The highest BCUT2D eigenvalue weighted by Crippen LogP contribution is 2.29. The highest BCUT2D eigenvalue weighted by atomic mass is 16.6. The zero-order valence-electron chi connectivity index (χ0n) is 11.2. The molecule has 5 nitrogen and oxygen atoms in total. The predicted octanol–water partition coefficient (Wildman–Crippen LogP) is 2.19. The summed E-state index contributed by atoms with van der Waals surface area (Å²) >= 11 is 0. The lowest BCUT2D eigenvalue weighted by Crippen LogP contribution is -2.43. The molecule has 1 N–H and O–H groups in total. The van der Waals surface area contributed by atoms with Gasteiger partial charge >= 0.3 is 0 Å². The van der Waals surface area contributed by atoms with E-state index in [4.69, 9.17) is 0 Å². The number of non-ortho nitro benzene ring substituents is 1. The molecule has 1 unspecified atom stereocenters. The van der Waals surface area contributed by atoms with Crippen molar-refractivity contribution in [1.29, 1.82) is 0 Å². The van der Waals surface area contributed by atoms with E-state index in [9.17, 15) is 15.2 Å². The molecule has 1 fully saturated rings. The molecule has 1 saturated heterocycles. The zero-order chi connectivity index (χ0) is 13.9. The van der Waals surface area contributed by atoms with Crippen molar-refractivity contribution in [3.8, 4) is 0 Å². The molecule has 1 aliphatic heterocycles. The van der Waals surface area contributed by atoms with Crippen LogP contribution in [-0.4, -0.2) is 34.6 Å². The molecule has 1 aromatic carbocycles. The maximum absolute atomic E-state index is 10.8. The van der Waals surface area contributed by atoms with Crippen LogP contribution in [0.25, 0.3) is 0 Å². The van der Waals surface area contributed by atoms with Crippen molar-refractivity contribution < 1.29 is 10.0 Å². The van der Waals surface area contributed by atoms with Crippen LogP contribution in [0.3, 0.4) is 0 Å². The number of benzene rings is 1. The Hall–Kier alpha value is -1.46. The average molecular weight is 264 g/mol. The number of nitro benzene ring substituents is 1. The second kappa shape index (κ2) is 5.67. The van der Waals surface area contributed by atoms with Gasteiger partial charge in [0.05, 0.1) is 4.92 Å². The van der Waals surface area contributed by atoms with E-state index in [1.807, 2.05) is 6.07 Å². The van der Waals surface area contributed by atoms with Gasteiger partial charge in [0.25, 0.3) is 5.69 Å². The van der Waals surface area contributed by atoms with Crippen molar-refractivity contribution >= 4 is 5.69 Å². The summed E-state index contributed by atoms with van der Waals surface area (Å²) in [5.74, 6) is 0. The van der Waals surface area contributed by atoms with E-state index < -0.39 is 0 Å². The molecule has 19 heavy (non-hydrogen) atoms. The first-order chi connectivity index (χ1) is 9.02. The van der Waals surface area contributed by atoms with Crippen LogP contribution in [0.2, 0.25) is 0 Å². The molecule has 0 aromatic heterocycles. The van der Waals surface area contributed by atoms with E-state index in [0.29, 0.717) is 6.54 Å². The van der Waals surface area contributed by atoms with Gasteiger partial charge in [0.2, 0.25) is 0 Å². The summed E-state index contributed by atoms with van der Waals surface area (Å²) in [5.41, 5.74) is 1.05. The van der Waals surface area contributed by atoms with Crippen LogP contribution in [0.4, 0.5) is 5.69 Å². The van der Waals surface area contributed by atoms with Gasteiger partial charge in [0.15, 0.2) is 0 Å². The van der Waals surface area contributed by atoms with Gasteiger partial charge in [-0.1, -0.05) is 19.1 Å². The fraction of sp³-hybridized carbons (Fsp3) is 0.571. The number of aliphatic hydroxyl groups is 1. The molecule has 0 radical (unpaired) electrons. The van der Waals surface area contributed by atoms with Crippen molar-refractivity contribution in [2.45, 2.75) is 26.3 Å². The molecular formula is C14H20N2O3. The Bertz CT molecular complexity index is 464. The van der Waals surface area contributed by atoms with Crippen molar-refractivity contribution in [2.24, 2.45) is 5.41 Å². The van der Waals surface area contributed by atoms with Crippen molar-refractivity contribution in [3.05, 3.63) is 39.9 Å². The summed E-state index contributed by atoms with van der Waals surface area (Å²) in [6.07, 6.45) is 2.10. The van der Waals surface area contributed by atoms with E-state index in [-0.39, 0.29) is 22.6 Å². The second-order valence-corrected chi connectivity index (χ2v) is 5.71. The molecule has 104 valence electrons. The molecule has 0 amide bonds. The van der Waals surface area contributed by atoms with Gasteiger partial charge in [0, 0.05) is 37.2 Å². The topological polar surface area (TPSA) is 66.6 Å². The van der Waals surface area contributed by atoms with Crippen molar-refractivity contribution in [3.63, 3.8) is 0 Å². The Morgan fingerprint density at radius 2 is 2.32 bits per heavy atom. The Morgan fingerprint density at radius 1 is 1.53 bits per heavy atom. The highest BCUT2D eigenvalue weighted by Gasteiger charge is 2.30. The number of nitro groups is 1. The quantitative estimate of drug-likeness (QED) is 0.668. The fourth-order valence-corrected chi connectivity index (χ4v) is 2.72. The molecule has 1 atom stereocenters. The molecule has 1 heterocycles. The minimum absolute atomic E-state index is 0.0427. The number of piperidine rings is 1. The third-order valence-electron chi connectivity index (χ3n) is 3.77. The molecule has 0 bridgehead atoms. The lowest BCUT2D eigenvalue weighted by Gasteiger charge is -2.39. The minimum atomic E-state index is -0.364. The van der Waals surface area contributed by atoms with Crippen LogP contribution in [0.5, 0.6) is 0 Å². The first-order valence-electron chi connectivity index (χ1n) is 6.59. The van der Waals surface area contributed by atoms with E-state index >= 15 is 0 Å². The first-order valence-corrected chi connectivity index (χ1v) is 6.59. The van der Waals surface area contributed by atoms with Gasteiger partial charge in [-0.15, -0.1) is 0 Å². The molecule has 0 aliphatic carbocycles. The summed E-state index contributed by atoms with van der Waals surface area (Å²) in [4.78, 5) is 12.7. The number of aliphatic hydroxyl groups excluding tert-OH is 1. The summed E-state index contributed by atoms with van der Waals surface area (Å²) < 4.78 is 0. The van der Waals surface area contributed by atoms with Crippen molar-refractivity contribution in [2.75, 3.05) is 19.7 Å². The SMILES string of the molecule is CC1(CO)CCCN(Cc2cccc([N+](=O)[O-])c2)C1. The van der Waals surface area contributed by atoms with Crippen LogP contribution < -0.4 is 0 Å². The van der Waals surface area contributed by atoms with Gasteiger partial charge in [-0.3, -0.25) is 15.0 Å². The van der Waals surface area contributed by atoms with E-state index in [1.54, 1.807) is 12.1 Å². The third kappa shape index (κ3) is 3.52. The summed E-state index contributed by atoms with van der Waals surface area (Å²) in [6, 6.07) is 6.78. The second-order valence-electron chi connectivity index (χ2n) is 5.71. The monoisotopic (exact) mass is 264 g/mol. The molecular weight excluding hydrogens is 244 g/mol. The highest BCUT2D eigenvalue weighted by molar-refractivity contribution is 5.34. The molecule has 1 aromatic rings. The zero-order valence-corrected chi connectivity index (χ0v) is 11.2. The number of rotatable bonds is 4. The van der Waals surface area contributed by atoms with Crippen LogP contribution >= 0.6 is 0 Å². The number of nitrogens with zero attached hydrogens (tertiary/aromatic N) is 2. The van der Waals surface area contributed by atoms with Crippen LogP contribution in [0.1, 0.15) is 25.3 Å². The molecule has 1 aliphatic rings. The molecule has 0 spiro atoms. The fourth-order valence-electron chi connectivity index (χ4n) is 2.72. The molecule has 5 heteroatoms. The summed E-state index contributed by atoms with van der Waals surface area (Å²) in [5, 5.41) is 20.2. The van der Waals surface area contributed by atoms with Crippen LogP contribution in [0, 0.1) is 15.5 Å². The van der Waals surface area contributed by atoms with Crippen molar-refractivity contribution in [1.82, 2.24) is 4.90 Å². The summed E-state index contributed by atoms with van der Waals surface area (Å²) in [6.45, 7) is 4.81. The molecule has 0 saturated carbocycles. The van der Waals surface area contributed by atoms with E-state index in [1.165, 1.54) is 6.07 Å². The third-order valence-corrected chi connectivity index (χ3v) is 3.77. The average Bonchev–Trinajstić information content (AvgIpc) is 2.39. The largest absolute Gasteiger partial charge is 0.396 e. The van der Waals surface area contributed by atoms with Gasteiger partial charge in [-0.25, -0.2) is 0 Å². The minimum Gasteiger partial charge on any atom is -0.396 e. The van der Waals surface area contributed by atoms with Gasteiger partial charge < -0.3 is 5.11 Å². The van der Waals surface area contributed by atoms with E-state index in [0.717, 1.165) is 31.5 Å². The van der Waals surface area contributed by atoms with E-state index in [2.05, 4.69) is 11.8 Å². The van der Waals surface area contributed by atoms with Crippen LogP contribution in [0.15, 0.2) is 24.3 Å². The van der Waals surface area contributed by atoms with Crippen LogP contribution in [-0.2, 0) is 6.54 Å². The maximum atomic E-state index is 10.8. The predicted molar refractivity (Wildman–Crippen MR) is 72.8 cm³/mol. The smallest absolute Gasteiger partial charge is 0.269 e. The Morgan fingerprint density at radius 3 is 3.00 bits per heavy atom.